The molecule has 1 unspecified atom stereocenters. The van der Waals surface area contributed by atoms with Crippen molar-refractivity contribution in [2.75, 3.05) is 11.5 Å². The first kappa shape index (κ1) is 17.0. The van der Waals surface area contributed by atoms with Gasteiger partial charge in [-0.25, -0.2) is 4.79 Å². The van der Waals surface area contributed by atoms with E-state index in [-0.39, 0.29) is 18.5 Å². The van der Waals surface area contributed by atoms with E-state index in [1.54, 1.807) is 25.3 Å². The minimum Gasteiger partial charge on any atom is -0.450 e. The van der Waals surface area contributed by atoms with E-state index in [1.165, 1.54) is 5.56 Å². The number of ether oxygens (including phenoxy) is 1. The third-order valence-electron chi connectivity index (χ3n) is 4.18. The molecule has 1 aromatic heterocycles. The van der Waals surface area contributed by atoms with Crippen LogP contribution in [0, 0.1) is 0 Å². The number of carbonyl (C=O) groups is 2. The summed E-state index contributed by atoms with van der Waals surface area (Å²) in [6.45, 7) is 4.31. The second-order valence-electron chi connectivity index (χ2n) is 5.97. The molecular formula is C19H21N3O3. The van der Waals surface area contributed by atoms with Crippen LogP contribution in [0.4, 0.5) is 10.5 Å². The van der Waals surface area contributed by atoms with Crippen molar-refractivity contribution in [2.24, 2.45) is 0 Å². The van der Waals surface area contributed by atoms with Crippen LogP contribution in [0.1, 0.15) is 35.5 Å². The van der Waals surface area contributed by atoms with Gasteiger partial charge < -0.3 is 15.0 Å². The van der Waals surface area contributed by atoms with E-state index < -0.39 is 6.09 Å². The second kappa shape index (κ2) is 7.34. The maximum atomic E-state index is 13.0. The summed E-state index contributed by atoms with van der Waals surface area (Å²) in [5, 5.41) is 2.61. The number of hydrogen-bond donors (Lipinski definition) is 1. The number of alkyl carbamates (subject to hydrolysis) is 1. The Labute approximate surface area is 146 Å². The number of hydrogen-bond acceptors (Lipinski definition) is 4. The molecule has 0 fully saturated rings. The number of para-hydroxylation sites is 1. The Balaban J connectivity index is 1.77. The fraction of sp³-hybridized carbons (Fsp3) is 0.316. The van der Waals surface area contributed by atoms with Crippen molar-refractivity contribution in [3.8, 4) is 0 Å². The van der Waals surface area contributed by atoms with Crippen molar-refractivity contribution < 1.29 is 14.3 Å². The minimum atomic E-state index is -0.497. The van der Waals surface area contributed by atoms with Crippen LogP contribution in [-0.2, 0) is 17.7 Å². The van der Waals surface area contributed by atoms with Gasteiger partial charge in [-0.15, -0.1) is 0 Å². The van der Waals surface area contributed by atoms with Gasteiger partial charge in [-0.1, -0.05) is 18.2 Å². The Hall–Kier alpha value is -2.89. The van der Waals surface area contributed by atoms with Crippen LogP contribution in [0.5, 0.6) is 0 Å². The molecule has 6 heteroatoms. The van der Waals surface area contributed by atoms with Crippen LogP contribution in [-0.4, -0.2) is 29.6 Å². The SMILES string of the molecule is CCOC(=O)NCc1cc(C(=O)N2c3ccccc3CC2C)ccn1. The molecule has 1 atom stereocenters. The molecular weight excluding hydrogens is 318 g/mol. The van der Waals surface area contributed by atoms with Crippen LogP contribution in [0.25, 0.3) is 0 Å². The first-order chi connectivity index (χ1) is 12.1. The molecule has 2 heterocycles. The first-order valence-electron chi connectivity index (χ1n) is 8.37. The Morgan fingerprint density at radius 3 is 2.92 bits per heavy atom. The smallest absolute Gasteiger partial charge is 0.407 e. The third-order valence-corrected chi connectivity index (χ3v) is 4.18. The van der Waals surface area contributed by atoms with E-state index in [2.05, 4.69) is 16.4 Å². The highest BCUT2D eigenvalue weighted by Gasteiger charge is 2.31. The average molecular weight is 339 g/mol. The molecule has 0 bridgehead atoms. The monoisotopic (exact) mass is 339 g/mol. The van der Waals surface area contributed by atoms with Gasteiger partial charge in [0.2, 0.25) is 0 Å². The van der Waals surface area contributed by atoms with Gasteiger partial charge in [0.15, 0.2) is 0 Å². The molecule has 2 aromatic rings. The third kappa shape index (κ3) is 3.63. The fourth-order valence-electron chi connectivity index (χ4n) is 3.07. The number of pyridine rings is 1. The molecule has 3 rings (SSSR count). The zero-order valence-electron chi connectivity index (χ0n) is 14.4. The topological polar surface area (TPSA) is 71.5 Å². The molecule has 0 spiro atoms. The van der Waals surface area contributed by atoms with Crippen LogP contribution < -0.4 is 10.2 Å². The van der Waals surface area contributed by atoms with Gasteiger partial charge in [-0.05, 0) is 44.0 Å². The van der Waals surface area contributed by atoms with E-state index in [0.29, 0.717) is 17.9 Å². The van der Waals surface area contributed by atoms with Gasteiger partial charge in [0, 0.05) is 23.5 Å². The van der Waals surface area contributed by atoms with Crippen LogP contribution in [0.2, 0.25) is 0 Å². The number of rotatable bonds is 4. The van der Waals surface area contributed by atoms with Crippen molar-refractivity contribution in [1.29, 1.82) is 0 Å². The lowest BCUT2D eigenvalue weighted by Gasteiger charge is -2.23. The second-order valence-corrected chi connectivity index (χ2v) is 5.97. The molecule has 1 aliphatic rings. The number of carbonyl (C=O) groups excluding carboxylic acids is 2. The quantitative estimate of drug-likeness (QED) is 0.930. The number of fused-ring (bicyclic) bond motifs is 1. The normalized spacial score (nSPS) is 15.6. The summed E-state index contributed by atoms with van der Waals surface area (Å²) in [6.07, 6.45) is 1.94. The molecule has 1 aliphatic heterocycles. The number of nitrogens with zero attached hydrogens (tertiary/aromatic N) is 2. The Morgan fingerprint density at radius 1 is 1.32 bits per heavy atom. The summed E-state index contributed by atoms with van der Waals surface area (Å²) < 4.78 is 4.82. The molecule has 0 saturated heterocycles. The summed E-state index contributed by atoms with van der Waals surface area (Å²) >= 11 is 0. The van der Waals surface area contributed by atoms with Crippen LogP contribution >= 0.6 is 0 Å². The molecule has 130 valence electrons. The predicted molar refractivity (Wildman–Crippen MR) is 94.5 cm³/mol. The van der Waals surface area contributed by atoms with Gasteiger partial charge in [0.05, 0.1) is 18.8 Å². The number of aromatic nitrogens is 1. The lowest BCUT2D eigenvalue weighted by Crippen LogP contribution is -2.35. The number of anilines is 1. The summed E-state index contributed by atoms with van der Waals surface area (Å²) in [4.78, 5) is 30.4. The minimum absolute atomic E-state index is 0.0581. The van der Waals surface area contributed by atoms with Gasteiger partial charge in [0.1, 0.15) is 0 Å². The van der Waals surface area contributed by atoms with Gasteiger partial charge >= 0.3 is 6.09 Å². The summed E-state index contributed by atoms with van der Waals surface area (Å²) in [5.41, 5.74) is 3.31. The van der Waals surface area contributed by atoms with E-state index in [9.17, 15) is 9.59 Å². The molecule has 0 radical (unpaired) electrons. The van der Waals surface area contributed by atoms with E-state index in [0.717, 1.165) is 12.1 Å². The molecule has 0 aliphatic carbocycles. The number of amides is 2. The Morgan fingerprint density at radius 2 is 2.12 bits per heavy atom. The van der Waals surface area contributed by atoms with E-state index in [4.69, 9.17) is 4.74 Å². The van der Waals surface area contributed by atoms with Crippen LogP contribution in [0.3, 0.4) is 0 Å². The average Bonchev–Trinajstić information content (AvgIpc) is 2.95. The summed E-state index contributed by atoms with van der Waals surface area (Å²) in [7, 11) is 0. The van der Waals surface area contributed by atoms with Crippen molar-refractivity contribution in [3.63, 3.8) is 0 Å². The highest BCUT2D eigenvalue weighted by Crippen LogP contribution is 2.33. The zero-order valence-corrected chi connectivity index (χ0v) is 14.4. The zero-order chi connectivity index (χ0) is 17.8. The molecule has 25 heavy (non-hydrogen) atoms. The predicted octanol–water partition coefficient (Wildman–Crippen LogP) is 2.92. The maximum Gasteiger partial charge on any atom is 0.407 e. The molecule has 6 nitrogen and oxygen atoms in total. The summed E-state index contributed by atoms with van der Waals surface area (Å²) in [6, 6.07) is 11.5. The van der Waals surface area contributed by atoms with Crippen molar-refractivity contribution in [2.45, 2.75) is 32.9 Å². The van der Waals surface area contributed by atoms with Crippen molar-refractivity contribution >= 4 is 17.7 Å². The van der Waals surface area contributed by atoms with E-state index in [1.807, 2.05) is 30.0 Å². The molecule has 0 saturated carbocycles. The molecule has 1 N–H and O–H groups in total. The molecule has 2 amide bonds. The highest BCUT2D eigenvalue weighted by atomic mass is 16.5. The van der Waals surface area contributed by atoms with Crippen molar-refractivity contribution in [3.05, 3.63) is 59.4 Å². The standard InChI is InChI=1S/C19H21N3O3/c1-3-25-19(24)21-12-16-11-15(8-9-20-16)18(23)22-13(2)10-14-6-4-5-7-17(14)22/h4-9,11,13H,3,10,12H2,1-2H3,(H,21,24). The highest BCUT2D eigenvalue weighted by molar-refractivity contribution is 6.07. The van der Waals surface area contributed by atoms with Crippen LogP contribution in [0.15, 0.2) is 42.6 Å². The fourth-order valence-corrected chi connectivity index (χ4v) is 3.07. The largest absolute Gasteiger partial charge is 0.450 e. The first-order valence-corrected chi connectivity index (χ1v) is 8.37. The van der Waals surface area contributed by atoms with Gasteiger partial charge in [0.25, 0.3) is 5.91 Å². The lowest BCUT2D eigenvalue weighted by atomic mass is 10.1. The van der Waals surface area contributed by atoms with Crippen molar-refractivity contribution in [1.82, 2.24) is 10.3 Å². The van der Waals surface area contributed by atoms with E-state index >= 15 is 0 Å². The Kier molecular flexibility index (Phi) is 4.97. The van der Waals surface area contributed by atoms with Gasteiger partial charge in [-0.3, -0.25) is 9.78 Å². The molecule has 1 aromatic carbocycles. The lowest BCUT2D eigenvalue weighted by molar-refractivity contribution is 0.0981. The number of benzene rings is 1. The number of nitrogens with one attached hydrogen (secondary N) is 1. The van der Waals surface area contributed by atoms with Gasteiger partial charge in [-0.2, -0.15) is 0 Å². The Bertz CT molecular complexity index is 791. The summed E-state index contributed by atoms with van der Waals surface area (Å²) in [5.74, 6) is -0.0581. The maximum absolute atomic E-state index is 13.0.